The van der Waals surface area contributed by atoms with Crippen LogP contribution in [0.25, 0.3) is 0 Å². The molecule has 1 unspecified atom stereocenters. The first kappa shape index (κ1) is 13.5. The molecule has 0 amide bonds. The second-order valence-corrected chi connectivity index (χ2v) is 4.86. The lowest BCUT2D eigenvalue weighted by atomic mass is 10.0. The standard InChI is InChI=1S/C13H15ClFNO2/c1-16-5-6-18-12(8-16)11(17)7-9-3-2-4-10(15)13(9)14/h2-4,12H,5-8H2,1H3. The normalized spacial score (nSPS) is 20.9. The number of morpholine rings is 1. The quantitative estimate of drug-likeness (QED) is 0.841. The van der Waals surface area contributed by atoms with Crippen molar-refractivity contribution in [3.8, 4) is 0 Å². The Morgan fingerprint density at radius 2 is 2.39 bits per heavy atom. The fourth-order valence-electron chi connectivity index (χ4n) is 1.96. The summed E-state index contributed by atoms with van der Waals surface area (Å²) >= 11 is 5.83. The van der Waals surface area contributed by atoms with Gasteiger partial charge in [0, 0.05) is 19.5 Å². The van der Waals surface area contributed by atoms with Gasteiger partial charge in [0.15, 0.2) is 5.78 Å². The van der Waals surface area contributed by atoms with Crippen LogP contribution in [0.4, 0.5) is 4.39 Å². The Bertz CT molecular complexity index is 453. The first-order valence-electron chi connectivity index (χ1n) is 5.83. The third-order valence-corrected chi connectivity index (χ3v) is 3.45. The molecule has 1 aliphatic rings. The van der Waals surface area contributed by atoms with Gasteiger partial charge < -0.3 is 9.64 Å². The Labute approximate surface area is 110 Å². The molecule has 18 heavy (non-hydrogen) atoms. The molecule has 0 saturated carbocycles. The monoisotopic (exact) mass is 271 g/mol. The Morgan fingerprint density at radius 1 is 1.61 bits per heavy atom. The maximum atomic E-state index is 13.3. The van der Waals surface area contributed by atoms with Gasteiger partial charge in [0.2, 0.25) is 0 Å². The van der Waals surface area contributed by atoms with Crippen LogP contribution in [0.3, 0.4) is 0 Å². The molecule has 1 aliphatic heterocycles. The molecule has 1 aromatic rings. The predicted octanol–water partition coefficient (Wildman–Crippen LogP) is 1.92. The molecule has 0 spiro atoms. The van der Waals surface area contributed by atoms with Gasteiger partial charge in [0.25, 0.3) is 0 Å². The molecule has 2 rings (SSSR count). The van der Waals surface area contributed by atoms with Crippen molar-refractivity contribution in [3.63, 3.8) is 0 Å². The van der Waals surface area contributed by atoms with E-state index in [1.165, 1.54) is 6.07 Å². The third-order valence-electron chi connectivity index (χ3n) is 3.02. The van der Waals surface area contributed by atoms with Crippen molar-refractivity contribution in [3.05, 3.63) is 34.6 Å². The van der Waals surface area contributed by atoms with E-state index in [1.54, 1.807) is 12.1 Å². The Hall–Kier alpha value is -0.970. The molecular formula is C13H15ClFNO2. The lowest BCUT2D eigenvalue weighted by Crippen LogP contribution is -2.44. The molecule has 1 heterocycles. The van der Waals surface area contributed by atoms with Crippen molar-refractivity contribution in [1.82, 2.24) is 4.90 Å². The van der Waals surface area contributed by atoms with Crippen LogP contribution in [0.2, 0.25) is 5.02 Å². The Balaban J connectivity index is 2.04. The largest absolute Gasteiger partial charge is 0.368 e. The minimum absolute atomic E-state index is 0.0232. The maximum absolute atomic E-state index is 13.3. The molecular weight excluding hydrogens is 257 g/mol. The smallest absolute Gasteiger partial charge is 0.167 e. The highest BCUT2D eigenvalue weighted by atomic mass is 35.5. The lowest BCUT2D eigenvalue weighted by molar-refractivity contribution is -0.134. The fourth-order valence-corrected chi connectivity index (χ4v) is 2.15. The Kier molecular flexibility index (Phi) is 4.32. The zero-order valence-corrected chi connectivity index (χ0v) is 10.9. The zero-order chi connectivity index (χ0) is 13.1. The summed E-state index contributed by atoms with van der Waals surface area (Å²) in [6.45, 7) is 1.94. The summed E-state index contributed by atoms with van der Waals surface area (Å²) in [6, 6.07) is 4.49. The molecule has 0 radical (unpaired) electrons. The molecule has 1 saturated heterocycles. The molecule has 0 aromatic heterocycles. The molecule has 0 bridgehead atoms. The minimum atomic E-state index is -0.497. The van der Waals surface area contributed by atoms with E-state index in [0.29, 0.717) is 18.7 Å². The lowest BCUT2D eigenvalue weighted by Gasteiger charge is -2.29. The van der Waals surface area contributed by atoms with E-state index in [0.717, 1.165) is 6.54 Å². The summed E-state index contributed by atoms with van der Waals surface area (Å²) in [5, 5.41) is 0.0232. The zero-order valence-electron chi connectivity index (χ0n) is 10.2. The summed E-state index contributed by atoms with van der Waals surface area (Å²) in [7, 11) is 1.94. The number of likely N-dealkylation sites (N-methyl/N-ethyl adjacent to an activating group) is 1. The number of ether oxygens (including phenoxy) is 1. The van der Waals surface area contributed by atoms with Gasteiger partial charge in [0.05, 0.1) is 11.6 Å². The molecule has 1 atom stereocenters. The number of halogens is 2. The van der Waals surface area contributed by atoms with Crippen LogP contribution < -0.4 is 0 Å². The van der Waals surface area contributed by atoms with Gasteiger partial charge in [-0.25, -0.2) is 4.39 Å². The van der Waals surface area contributed by atoms with Gasteiger partial charge in [-0.1, -0.05) is 23.7 Å². The second kappa shape index (κ2) is 5.78. The van der Waals surface area contributed by atoms with Crippen LogP contribution in [-0.4, -0.2) is 43.5 Å². The van der Waals surface area contributed by atoms with E-state index in [9.17, 15) is 9.18 Å². The third kappa shape index (κ3) is 3.07. The van der Waals surface area contributed by atoms with Gasteiger partial charge >= 0.3 is 0 Å². The Morgan fingerprint density at radius 3 is 3.11 bits per heavy atom. The van der Waals surface area contributed by atoms with Crippen LogP contribution in [-0.2, 0) is 16.0 Å². The van der Waals surface area contributed by atoms with Crippen molar-refractivity contribution < 1.29 is 13.9 Å². The van der Waals surface area contributed by atoms with Gasteiger partial charge in [-0.3, -0.25) is 4.79 Å². The number of Topliss-reactive ketones (excluding diaryl/α,β-unsaturated/α-hetero) is 1. The molecule has 98 valence electrons. The first-order valence-corrected chi connectivity index (χ1v) is 6.21. The molecule has 0 aliphatic carbocycles. The predicted molar refractivity (Wildman–Crippen MR) is 67.4 cm³/mol. The molecule has 1 aromatic carbocycles. The average molecular weight is 272 g/mol. The summed E-state index contributed by atoms with van der Waals surface area (Å²) in [6.07, 6.45) is -0.335. The number of ketones is 1. The van der Waals surface area contributed by atoms with Gasteiger partial charge in [-0.2, -0.15) is 0 Å². The van der Waals surface area contributed by atoms with E-state index in [4.69, 9.17) is 16.3 Å². The minimum Gasteiger partial charge on any atom is -0.368 e. The highest BCUT2D eigenvalue weighted by Crippen LogP contribution is 2.21. The van der Waals surface area contributed by atoms with Gasteiger partial charge in [-0.15, -0.1) is 0 Å². The summed E-state index contributed by atoms with van der Waals surface area (Å²) in [5.74, 6) is -0.558. The molecule has 3 nitrogen and oxygen atoms in total. The highest BCUT2D eigenvalue weighted by molar-refractivity contribution is 6.31. The van der Waals surface area contributed by atoms with Crippen molar-refractivity contribution in [2.45, 2.75) is 12.5 Å². The van der Waals surface area contributed by atoms with Crippen LogP contribution in [0.5, 0.6) is 0 Å². The summed E-state index contributed by atoms with van der Waals surface area (Å²) < 4.78 is 18.7. The average Bonchev–Trinajstić information content (AvgIpc) is 2.35. The first-order chi connectivity index (χ1) is 8.58. The van der Waals surface area contributed by atoms with E-state index >= 15 is 0 Å². The van der Waals surface area contributed by atoms with Crippen LogP contribution >= 0.6 is 11.6 Å². The van der Waals surface area contributed by atoms with Crippen molar-refractivity contribution >= 4 is 17.4 Å². The molecule has 1 fully saturated rings. The number of carbonyl (C=O) groups is 1. The highest BCUT2D eigenvalue weighted by Gasteiger charge is 2.25. The summed E-state index contributed by atoms with van der Waals surface area (Å²) in [5.41, 5.74) is 0.512. The number of benzene rings is 1. The number of nitrogens with zero attached hydrogens (tertiary/aromatic N) is 1. The number of hydrogen-bond donors (Lipinski definition) is 0. The van der Waals surface area contributed by atoms with Crippen LogP contribution in [0.15, 0.2) is 18.2 Å². The second-order valence-electron chi connectivity index (χ2n) is 4.48. The van der Waals surface area contributed by atoms with Crippen LogP contribution in [0.1, 0.15) is 5.56 Å². The van der Waals surface area contributed by atoms with E-state index < -0.39 is 11.9 Å². The van der Waals surface area contributed by atoms with Crippen LogP contribution in [0, 0.1) is 5.82 Å². The molecule has 0 N–H and O–H groups in total. The van der Waals surface area contributed by atoms with E-state index in [2.05, 4.69) is 0 Å². The van der Waals surface area contributed by atoms with E-state index in [1.807, 2.05) is 11.9 Å². The van der Waals surface area contributed by atoms with Crippen molar-refractivity contribution in [1.29, 1.82) is 0 Å². The topological polar surface area (TPSA) is 29.5 Å². The van der Waals surface area contributed by atoms with E-state index in [-0.39, 0.29) is 17.2 Å². The SMILES string of the molecule is CN1CCOC(C(=O)Cc2cccc(F)c2Cl)C1. The molecule has 5 heteroatoms. The summed E-state index contributed by atoms with van der Waals surface area (Å²) in [4.78, 5) is 14.1. The number of carbonyl (C=O) groups excluding carboxylic acids is 1. The number of hydrogen-bond acceptors (Lipinski definition) is 3. The van der Waals surface area contributed by atoms with Crippen molar-refractivity contribution in [2.75, 3.05) is 26.7 Å². The maximum Gasteiger partial charge on any atom is 0.167 e. The number of rotatable bonds is 3. The van der Waals surface area contributed by atoms with Gasteiger partial charge in [0.1, 0.15) is 11.9 Å². The van der Waals surface area contributed by atoms with Crippen molar-refractivity contribution in [2.24, 2.45) is 0 Å². The van der Waals surface area contributed by atoms with Gasteiger partial charge in [-0.05, 0) is 18.7 Å². The fraction of sp³-hybridized carbons (Fsp3) is 0.462.